The fourth-order valence-electron chi connectivity index (χ4n) is 2.83. The van der Waals surface area contributed by atoms with Crippen molar-refractivity contribution in [3.05, 3.63) is 29.1 Å². The van der Waals surface area contributed by atoms with E-state index in [0.717, 1.165) is 13.5 Å². The van der Waals surface area contributed by atoms with E-state index >= 15 is 0 Å². The summed E-state index contributed by atoms with van der Waals surface area (Å²) in [5.41, 5.74) is 0. The third-order valence-corrected chi connectivity index (χ3v) is 8.08. The van der Waals surface area contributed by atoms with Crippen molar-refractivity contribution in [2.24, 2.45) is 22.1 Å². The van der Waals surface area contributed by atoms with E-state index in [1.54, 1.807) is 0 Å². The third-order valence-electron chi connectivity index (χ3n) is 5.24. The van der Waals surface area contributed by atoms with Gasteiger partial charge >= 0.3 is 10.1 Å². The van der Waals surface area contributed by atoms with Gasteiger partial charge in [0.05, 0.1) is 18.5 Å². The number of hydrogen-bond donors (Lipinski definition) is 0. The molecule has 0 unspecified atom stereocenters. The molecule has 0 saturated heterocycles. The van der Waals surface area contributed by atoms with Crippen LogP contribution in [0.15, 0.2) is 15.2 Å². The zero-order valence-electron chi connectivity index (χ0n) is 21.4. The number of hydrogen-bond acceptors (Lipinski definition) is 7. The van der Waals surface area contributed by atoms with Crippen LogP contribution in [0.1, 0.15) is 40.5 Å². The molecule has 0 aliphatic heterocycles. The van der Waals surface area contributed by atoms with E-state index in [1.807, 2.05) is 13.8 Å². The van der Waals surface area contributed by atoms with Crippen LogP contribution in [-0.4, -0.2) is 58.3 Å². The maximum absolute atomic E-state index is 13.9. The van der Waals surface area contributed by atoms with Gasteiger partial charge in [0.1, 0.15) is 26.6 Å². The predicted molar refractivity (Wildman–Crippen MR) is 131 cm³/mol. The molecular formula is C22H30BrF7N2O5S. The second kappa shape index (κ2) is 16.9. The highest BCUT2D eigenvalue weighted by Crippen LogP contribution is 2.30. The minimum Gasteiger partial charge on any atom is -0.399 e. The molecule has 0 radical (unpaired) electrons. The van der Waals surface area contributed by atoms with E-state index in [4.69, 9.17) is 0 Å². The Bertz CT molecular complexity index is 1020. The Morgan fingerprint density at radius 2 is 1.18 bits per heavy atom. The molecule has 0 fully saturated rings. The summed E-state index contributed by atoms with van der Waals surface area (Å²) in [6.07, 6.45) is -1.76. The molecule has 0 bridgehead atoms. The summed E-state index contributed by atoms with van der Waals surface area (Å²) >= 11 is 3.39. The number of alkyl halides is 3. The number of halogens is 8. The van der Waals surface area contributed by atoms with Crippen molar-refractivity contribution in [2.45, 2.75) is 68.7 Å². The van der Waals surface area contributed by atoms with Gasteiger partial charge < -0.3 is 9.68 Å². The molecule has 6 atom stereocenters. The van der Waals surface area contributed by atoms with Crippen LogP contribution in [0.2, 0.25) is 0 Å². The molecule has 0 heterocycles. The summed E-state index contributed by atoms with van der Waals surface area (Å²) in [6.45, 7) is 6.43. The third kappa shape index (κ3) is 9.98. The quantitative estimate of drug-likeness (QED) is 0.0482. The molecular weight excluding hydrogens is 617 g/mol. The average Bonchev–Trinajstić information content (AvgIpc) is 2.89. The Balaban J connectivity index is 0.000000958. The van der Waals surface area contributed by atoms with Gasteiger partial charge in [-0.3, -0.25) is 4.18 Å². The highest BCUT2D eigenvalue weighted by Gasteiger charge is 2.37. The molecule has 7 nitrogen and oxygen atoms in total. The van der Waals surface area contributed by atoms with Crippen molar-refractivity contribution in [1.29, 1.82) is 0 Å². The van der Waals surface area contributed by atoms with Gasteiger partial charge in [-0.25, -0.2) is 30.7 Å². The van der Waals surface area contributed by atoms with Gasteiger partial charge in [0.25, 0.3) is 0 Å². The van der Waals surface area contributed by atoms with Crippen LogP contribution in [-0.2, 0) is 24.0 Å². The molecule has 1 aromatic rings. The first-order chi connectivity index (χ1) is 17.6. The molecule has 0 aliphatic carbocycles. The predicted octanol–water partition coefficient (Wildman–Crippen LogP) is 6.24. The Morgan fingerprint density at radius 1 is 0.789 bits per heavy atom. The minimum atomic E-state index is -5.43. The van der Waals surface area contributed by atoms with E-state index in [2.05, 4.69) is 40.1 Å². The van der Waals surface area contributed by atoms with Gasteiger partial charge in [-0.2, -0.15) is 8.42 Å². The van der Waals surface area contributed by atoms with Crippen LogP contribution in [0.25, 0.3) is 0 Å². The van der Waals surface area contributed by atoms with Crippen LogP contribution in [0.3, 0.4) is 0 Å². The first-order valence-electron chi connectivity index (χ1n) is 11.1. The fourth-order valence-corrected chi connectivity index (χ4v) is 4.47. The summed E-state index contributed by atoms with van der Waals surface area (Å²) in [4.78, 5) is 6.71. The molecule has 0 aliphatic rings. The molecule has 0 spiro atoms. The van der Waals surface area contributed by atoms with E-state index in [1.165, 1.54) is 27.2 Å². The summed E-state index contributed by atoms with van der Waals surface area (Å²) in [7, 11) is -2.90. The molecule has 16 heteroatoms. The SMILES string of the molecule is CC[C@@H](OS(=O)(=O)c1c(F)c(F)c(F)c(F)c1F)[C@@H](C)[C@H](F)C=NOC.CC[C@H](Br)[C@@H](C)[C@H](F)C=NOC. The van der Waals surface area contributed by atoms with Crippen molar-refractivity contribution >= 4 is 38.5 Å². The lowest BCUT2D eigenvalue weighted by Gasteiger charge is -2.23. The molecule has 0 saturated carbocycles. The molecule has 0 N–H and O–H groups in total. The standard InChI is InChI=1S/C14H15F6NO4S.C8H15BrFNO/c1-4-8(6(2)7(15)5-21-24-3)25-26(22,23)14-12(19)10(17)9(16)11(18)13(14)20;1-4-7(9)6(2)8(10)5-11-12-3/h5-8H,4H2,1-3H3;5-8H,4H2,1-3H3/t6-,7+,8+;6-,7+,8-/m01/s1. The van der Waals surface area contributed by atoms with Crippen molar-refractivity contribution in [1.82, 2.24) is 0 Å². The first kappa shape index (κ1) is 36.1. The van der Waals surface area contributed by atoms with Gasteiger partial charge in [-0.1, -0.05) is 53.9 Å². The number of oxime groups is 2. The van der Waals surface area contributed by atoms with Gasteiger partial charge in [0.2, 0.25) is 5.82 Å². The molecule has 38 heavy (non-hydrogen) atoms. The summed E-state index contributed by atoms with van der Waals surface area (Å²) in [6, 6.07) is 0. The summed E-state index contributed by atoms with van der Waals surface area (Å²) in [5, 5.41) is 6.55. The molecule has 1 aromatic carbocycles. The Kier molecular flexibility index (Phi) is 16.0. The highest BCUT2D eigenvalue weighted by atomic mass is 79.9. The van der Waals surface area contributed by atoms with Crippen LogP contribution in [0, 0.1) is 40.9 Å². The lowest BCUT2D eigenvalue weighted by molar-refractivity contribution is 0.109. The maximum atomic E-state index is 13.9. The second-order valence-corrected chi connectivity index (χ2v) is 10.5. The van der Waals surface area contributed by atoms with Crippen LogP contribution < -0.4 is 0 Å². The smallest absolute Gasteiger partial charge is 0.303 e. The van der Waals surface area contributed by atoms with Crippen molar-refractivity contribution in [3.63, 3.8) is 0 Å². The Morgan fingerprint density at radius 3 is 1.55 bits per heavy atom. The lowest BCUT2D eigenvalue weighted by Crippen LogP contribution is -2.32. The van der Waals surface area contributed by atoms with Crippen LogP contribution in [0.5, 0.6) is 0 Å². The topological polar surface area (TPSA) is 86.6 Å². The van der Waals surface area contributed by atoms with Crippen LogP contribution >= 0.6 is 15.9 Å². The molecule has 220 valence electrons. The maximum Gasteiger partial charge on any atom is 0.303 e. The van der Waals surface area contributed by atoms with E-state index < -0.39 is 68.5 Å². The number of benzene rings is 1. The zero-order chi connectivity index (χ0) is 29.8. The monoisotopic (exact) mass is 646 g/mol. The molecule has 0 aromatic heterocycles. The number of rotatable bonds is 13. The van der Waals surface area contributed by atoms with Crippen LogP contribution in [0.4, 0.5) is 30.7 Å². The summed E-state index contributed by atoms with van der Waals surface area (Å²) in [5.74, 6) is -13.8. The zero-order valence-corrected chi connectivity index (χ0v) is 23.8. The largest absolute Gasteiger partial charge is 0.399 e. The normalized spacial score (nSPS) is 16.9. The molecule has 0 amide bonds. The number of nitrogens with zero attached hydrogens (tertiary/aromatic N) is 2. The Hall–Kier alpha value is -1.94. The van der Waals surface area contributed by atoms with E-state index in [0.29, 0.717) is 6.21 Å². The minimum absolute atomic E-state index is 0.0751. The van der Waals surface area contributed by atoms with E-state index in [-0.39, 0.29) is 17.2 Å². The first-order valence-corrected chi connectivity index (χ1v) is 13.4. The van der Waals surface area contributed by atoms with Gasteiger partial charge in [0, 0.05) is 16.7 Å². The van der Waals surface area contributed by atoms with E-state index in [9.17, 15) is 39.2 Å². The van der Waals surface area contributed by atoms with Gasteiger partial charge in [-0.05, 0) is 12.8 Å². The Labute approximate surface area is 225 Å². The average molecular weight is 647 g/mol. The van der Waals surface area contributed by atoms with Gasteiger partial charge in [-0.15, -0.1) is 0 Å². The summed E-state index contributed by atoms with van der Waals surface area (Å²) < 4.78 is 123. The van der Waals surface area contributed by atoms with Crippen molar-refractivity contribution in [2.75, 3.05) is 14.2 Å². The second-order valence-electron chi connectivity index (χ2n) is 7.80. The fraction of sp³-hybridized carbons (Fsp3) is 0.636. The lowest BCUT2D eigenvalue weighted by atomic mass is 9.98. The van der Waals surface area contributed by atoms with Crippen molar-refractivity contribution in [3.8, 4) is 0 Å². The van der Waals surface area contributed by atoms with Crippen molar-refractivity contribution < 1.29 is 53.0 Å². The van der Waals surface area contributed by atoms with Gasteiger partial charge in [0.15, 0.2) is 28.2 Å². The highest BCUT2D eigenvalue weighted by molar-refractivity contribution is 9.09. The molecule has 1 rings (SSSR count).